The number of ether oxygens (including phenoxy) is 1. The molecule has 1 saturated heterocycles. The molecule has 130 valence electrons. The zero-order chi connectivity index (χ0) is 16.8. The number of nitrogens with one attached hydrogen (secondary N) is 3. The summed E-state index contributed by atoms with van der Waals surface area (Å²) in [4.78, 5) is 0.168. The molecule has 1 fully saturated rings. The molecule has 2 rings (SSSR count). The number of sulfonamides is 1. The van der Waals surface area contributed by atoms with Crippen molar-refractivity contribution in [2.45, 2.75) is 10.5 Å². The first-order valence-corrected chi connectivity index (χ1v) is 9.24. The fraction of sp³-hybridized carbons (Fsp3) is 0.571. The summed E-state index contributed by atoms with van der Waals surface area (Å²) in [7, 11) is -3.55. The van der Waals surface area contributed by atoms with Crippen LogP contribution in [0.5, 0.6) is 0 Å². The van der Waals surface area contributed by atoms with Gasteiger partial charge in [0.2, 0.25) is 10.0 Å². The maximum atomic E-state index is 12.1. The number of hydrogen-bond acceptors (Lipinski definition) is 6. The number of β-amino-alcohol motifs (C(OH)–C–C–N with tert-alkyl or cyclic N) is 1. The Morgan fingerprint density at radius 2 is 2.04 bits per heavy atom. The lowest BCUT2D eigenvalue weighted by Crippen LogP contribution is -2.51. The number of hydrogen-bond donors (Lipinski definition) is 4. The summed E-state index contributed by atoms with van der Waals surface area (Å²) in [6.07, 6.45) is 0. The standard InChI is InChI=1S/C14H22ClN3O4S/c15-12-1-3-13(4-2-12)23(20,21)18-6-5-16-9-14(19)10-17-7-8-22-11-14/h1-4,16-19H,5-11H2. The number of halogens is 1. The van der Waals surface area contributed by atoms with Crippen molar-refractivity contribution in [3.8, 4) is 0 Å². The molecule has 0 saturated carbocycles. The van der Waals surface area contributed by atoms with Gasteiger partial charge in [0.15, 0.2) is 0 Å². The lowest BCUT2D eigenvalue weighted by Gasteiger charge is -2.26. The largest absolute Gasteiger partial charge is 0.385 e. The van der Waals surface area contributed by atoms with Gasteiger partial charge in [-0.25, -0.2) is 13.1 Å². The van der Waals surface area contributed by atoms with Gasteiger partial charge in [0.05, 0.1) is 18.1 Å². The van der Waals surface area contributed by atoms with Crippen molar-refractivity contribution in [2.24, 2.45) is 0 Å². The van der Waals surface area contributed by atoms with Crippen molar-refractivity contribution in [1.29, 1.82) is 0 Å². The Morgan fingerprint density at radius 1 is 1.30 bits per heavy atom. The topological polar surface area (TPSA) is 99.7 Å². The summed E-state index contributed by atoms with van der Waals surface area (Å²) >= 11 is 5.74. The van der Waals surface area contributed by atoms with E-state index in [1.54, 1.807) is 0 Å². The normalized spacial score (nSPS) is 22.7. The molecule has 1 heterocycles. The van der Waals surface area contributed by atoms with E-state index >= 15 is 0 Å². The van der Waals surface area contributed by atoms with Crippen LogP contribution in [0.1, 0.15) is 0 Å². The van der Waals surface area contributed by atoms with Crippen molar-refractivity contribution < 1.29 is 18.3 Å². The van der Waals surface area contributed by atoms with E-state index in [1.165, 1.54) is 24.3 Å². The minimum Gasteiger partial charge on any atom is -0.385 e. The Bertz CT molecular complexity index is 587. The average molecular weight is 364 g/mol. The van der Waals surface area contributed by atoms with E-state index in [0.717, 1.165) is 0 Å². The highest BCUT2D eigenvalue weighted by Gasteiger charge is 2.28. The Balaban J connectivity index is 1.73. The third-order valence-electron chi connectivity index (χ3n) is 3.42. The Labute approximate surface area is 141 Å². The predicted octanol–water partition coefficient (Wildman–Crippen LogP) is -0.441. The number of aliphatic hydroxyl groups is 1. The summed E-state index contributed by atoms with van der Waals surface area (Å²) in [6.45, 7) is 2.92. The van der Waals surface area contributed by atoms with Gasteiger partial charge in [0, 0.05) is 37.7 Å². The summed E-state index contributed by atoms with van der Waals surface area (Å²) in [5, 5.41) is 16.9. The molecule has 1 aliphatic heterocycles. The van der Waals surface area contributed by atoms with Gasteiger partial charge in [0.1, 0.15) is 5.60 Å². The van der Waals surface area contributed by atoms with Crippen molar-refractivity contribution in [1.82, 2.24) is 15.4 Å². The molecule has 1 aromatic rings. The van der Waals surface area contributed by atoms with Gasteiger partial charge in [0.25, 0.3) is 0 Å². The van der Waals surface area contributed by atoms with E-state index in [1.807, 2.05) is 0 Å². The lowest BCUT2D eigenvalue weighted by atomic mass is 10.1. The fourth-order valence-corrected chi connectivity index (χ4v) is 3.34. The fourth-order valence-electron chi connectivity index (χ4n) is 2.18. The number of rotatable bonds is 7. The summed E-state index contributed by atoms with van der Waals surface area (Å²) in [5.74, 6) is 0. The van der Waals surface area contributed by atoms with Crippen LogP contribution in [0, 0.1) is 0 Å². The molecular formula is C14H22ClN3O4S. The first kappa shape index (κ1) is 18.6. The van der Waals surface area contributed by atoms with Gasteiger partial charge >= 0.3 is 0 Å². The summed E-state index contributed by atoms with van der Waals surface area (Å²) in [6, 6.07) is 5.97. The highest BCUT2D eigenvalue weighted by atomic mass is 35.5. The average Bonchev–Trinajstić information content (AvgIpc) is 2.72. The molecule has 1 aromatic carbocycles. The second-order valence-electron chi connectivity index (χ2n) is 5.48. The van der Waals surface area contributed by atoms with Gasteiger partial charge in [-0.05, 0) is 24.3 Å². The molecule has 9 heteroatoms. The highest BCUT2D eigenvalue weighted by molar-refractivity contribution is 7.89. The van der Waals surface area contributed by atoms with Crippen molar-refractivity contribution >= 4 is 21.6 Å². The third-order valence-corrected chi connectivity index (χ3v) is 5.15. The van der Waals surface area contributed by atoms with Gasteiger partial charge < -0.3 is 20.5 Å². The minimum atomic E-state index is -3.55. The second-order valence-corrected chi connectivity index (χ2v) is 7.69. The van der Waals surface area contributed by atoms with Crippen LogP contribution in [0.2, 0.25) is 5.02 Å². The molecule has 0 aliphatic carbocycles. The van der Waals surface area contributed by atoms with Crippen LogP contribution in [0.3, 0.4) is 0 Å². The molecule has 0 radical (unpaired) electrons. The molecule has 0 bridgehead atoms. The maximum Gasteiger partial charge on any atom is 0.240 e. The van der Waals surface area contributed by atoms with Crippen molar-refractivity contribution in [2.75, 3.05) is 45.9 Å². The van der Waals surface area contributed by atoms with Crippen LogP contribution in [-0.4, -0.2) is 65.1 Å². The first-order valence-electron chi connectivity index (χ1n) is 7.38. The Kier molecular flexibility index (Phi) is 6.78. The van der Waals surface area contributed by atoms with Crippen LogP contribution in [0.4, 0.5) is 0 Å². The molecule has 1 aliphatic rings. The summed E-state index contributed by atoms with van der Waals surface area (Å²) < 4.78 is 31.9. The molecule has 23 heavy (non-hydrogen) atoms. The van der Waals surface area contributed by atoms with Crippen LogP contribution in [-0.2, 0) is 14.8 Å². The monoisotopic (exact) mass is 363 g/mol. The molecule has 1 unspecified atom stereocenters. The Hall–Kier alpha value is -0.740. The van der Waals surface area contributed by atoms with Gasteiger partial charge in [-0.15, -0.1) is 0 Å². The predicted molar refractivity (Wildman–Crippen MR) is 88.1 cm³/mol. The lowest BCUT2D eigenvalue weighted by molar-refractivity contribution is -0.0260. The van der Waals surface area contributed by atoms with Crippen molar-refractivity contribution in [3.05, 3.63) is 29.3 Å². The van der Waals surface area contributed by atoms with E-state index in [-0.39, 0.29) is 18.0 Å². The minimum absolute atomic E-state index is 0.168. The second kappa shape index (κ2) is 8.39. The van der Waals surface area contributed by atoms with E-state index in [0.29, 0.717) is 37.8 Å². The smallest absolute Gasteiger partial charge is 0.240 e. The van der Waals surface area contributed by atoms with Gasteiger partial charge in [-0.3, -0.25) is 0 Å². The van der Waals surface area contributed by atoms with Crippen LogP contribution < -0.4 is 15.4 Å². The number of benzene rings is 1. The van der Waals surface area contributed by atoms with E-state index < -0.39 is 15.6 Å². The van der Waals surface area contributed by atoms with Gasteiger partial charge in [-0.2, -0.15) is 0 Å². The van der Waals surface area contributed by atoms with E-state index in [4.69, 9.17) is 16.3 Å². The van der Waals surface area contributed by atoms with Gasteiger partial charge in [-0.1, -0.05) is 11.6 Å². The molecule has 0 aromatic heterocycles. The van der Waals surface area contributed by atoms with Crippen LogP contribution in [0.15, 0.2) is 29.2 Å². The Morgan fingerprint density at radius 3 is 2.78 bits per heavy atom. The molecule has 4 N–H and O–H groups in total. The van der Waals surface area contributed by atoms with E-state index in [9.17, 15) is 13.5 Å². The highest BCUT2D eigenvalue weighted by Crippen LogP contribution is 2.13. The van der Waals surface area contributed by atoms with Crippen LogP contribution >= 0.6 is 11.6 Å². The molecule has 0 spiro atoms. The maximum absolute atomic E-state index is 12.1. The zero-order valence-corrected chi connectivity index (χ0v) is 14.3. The molecule has 7 nitrogen and oxygen atoms in total. The first-order chi connectivity index (χ1) is 10.9. The molecule has 0 amide bonds. The van der Waals surface area contributed by atoms with Crippen LogP contribution in [0.25, 0.3) is 0 Å². The third kappa shape index (κ3) is 6.00. The van der Waals surface area contributed by atoms with Crippen molar-refractivity contribution in [3.63, 3.8) is 0 Å². The zero-order valence-electron chi connectivity index (χ0n) is 12.7. The summed E-state index contributed by atoms with van der Waals surface area (Å²) in [5.41, 5.74) is -0.981. The molecule has 1 atom stereocenters. The quantitative estimate of drug-likeness (QED) is 0.490. The van der Waals surface area contributed by atoms with E-state index in [2.05, 4.69) is 15.4 Å². The molecular weight excluding hydrogens is 342 g/mol. The SMILES string of the molecule is O=S(=O)(NCCNCC1(O)CNCCOC1)c1ccc(Cl)cc1.